The van der Waals surface area contributed by atoms with Crippen molar-refractivity contribution in [1.29, 1.82) is 0 Å². The first kappa shape index (κ1) is 22.2. The topological polar surface area (TPSA) is 83.8 Å². The molecule has 5 heteroatoms. The van der Waals surface area contributed by atoms with Crippen LogP contribution < -0.4 is 0 Å². The van der Waals surface area contributed by atoms with Crippen LogP contribution in [0.2, 0.25) is 0 Å². The molecule has 0 spiro atoms. The summed E-state index contributed by atoms with van der Waals surface area (Å²) in [6.45, 7) is 12.2. The molecule has 0 amide bonds. The van der Waals surface area contributed by atoms with Crippen molar-refractivity contribution in [2.24, 2.45) is 35.5 Å². The highest BCUT2D eigenvalue weighted by molar-refractivity contribution is 5.82. The van der Waals surface area contributed by atoms with Crippen molar-refractivity contribution in [1.82, 2.24) is 0 Å². The fourth-order valence-electron chi connectivity index (χ4n) is 5.82. The zero-order valence-corrected chi connectivity index (χ0v) is 17.8. The molecule has 0 bridgehead atoms. The van der Waals surface area contributed by atoms with Gasteiger partial charge in [0.2, 0.25) is 0 Å². The molecule has 2 N–H and O–H groups in total. The van der Waals surface area contributed by atoms with Gasteiger partial charge in [0, 0.05) is 11.8 Å². The van der Waals surface area contributed by atoms with Crippen molar-refractivity contribution in [3.8, 4) is 0 Å². The molecule has 6 unspecified atom stereocenters. The van der Waals surface area contributed by atoms with Gasteiger partial charge in [-0.1, -0.05) is 54.4 Å². The number of hydrogen-bond acceptors (Lipinski definition) is 3. The van der Waals surface area contributed by atoms with Crippen LogP contribution in [0.3, 0.4) is 0 Å². The van der Waals surface area contributed by atoms with Crippen LogP contribution in [0, 0.1) is 35.5 Å². The summed E-state index contributed by atoms with van der Waals surface area (Å²) in [6.07, 6.45) is 4.24. The van der Waals surface area contributed by atoms with E-state index in [0.29, 0.717) is 12.8 Å². The Hall–Kier alpha value is -1.10. The lowest BCUT2D eigenvalue weighted by Gasteiger charge is -2.53. The predicted octanol–water partition coefficient (Wildman–Crippen LogP) is 4.83. The molecule has 2 rings (SSSR count). The largest absolute Gasteiger partial charge is 0.479 e. The quantitative estimate of drug-likeness (QED) is 0.687. The van der Waals surface area contributed by atoms with E-state index in [1.807, 2.05) is 27.7 Å². The Balaban J connectivity index is 2.57. The van der Waals surface area contributed by atoms with Gasteiger partial charge in [0.05, 0.1) is 0 Å². The maximum absolute atomic E-state index is 12.6. The lowest BCUT2D eigenvalue weighted by atomic mass is 9.63. The summed E-state index contributed by atoms with van der Waals surface area (Å²) in [5.41, 5.74) is -2.84. The second-order valence-corrected chi connectivity index (χ2v) is 9.97. The Morgan fingerprint density at radius 3 is 1.37 bits per heavy atom. The summed E-state index contributed by atoms with van der Waals surface area (Å²) in [5, 5.41) is 20.7. The van der Waals surface area contributed by atoms with Gasteiger partial charge in [-0.05, 0) is 49.4 Å². The highest BCUT2D eigenvalue weighted by Gasteiger charge is 2.61. The zero-order valence-electron chi connectivity index (χ0n) is 17.8. The first-order valence-corrected chi connectivity index (χ1v) is 10.6. The van der Waals surface area contributed by atoms with Crippen LogP contribution >= 0.6 is 0 Å². The van der Waals surface area contributed by atoms with Crippen LogP contribution in [-0.2, 0) is 14.3 Å². The average Bonchev–Trinajstić information content (AvgIpc) is 2.53. The number of aliphatic carboxylic acids is 2. The van der Waals surface area contributed by atoms with Crippen molar-refractivity contribution in [3.63, 3.8) is 0 Å². The molecule has 2 saturated carbocycles. The summed E-state index contributed by atoms with van der Waals surface area (Å²) in [7, 11) is 0. The van der Waals surface area contributed by atoms with Crippen molar-refractivity contribution in [2.75, 3.05) is 0 Å². The summed E-state index contributed by atoms with van der Waals surface area (Å²) in [4.78, 5) is 25.2. The minimum atomic E-state index is -1.42. The third-order valence-electron chi connectivity index (χ3n) is 7.14. The van der Waals surface area contributed by atoms with Gasteiger partial charge >= 0.3 is 11.9 Å². The van der Waals surface area contributed by atoms with Crippen molar-refractivity contribution < 1.29 is 24.5 Å². The van der Waals surface area contributed by atoms with Crippen LogP contribution in [0.1, 0.15) is 80.1 Å². The number of carboxylic acid groups (broad SMARTS) is 2. The summed E-state index contributed by atoms with van der Waals surface area (Å²) in [5.74, 6) is -1.67. The third kappa shape index (κ3) is 4.03. The number of carbonyl (C=O) groups is 2. The molecule has 0 saturated heterocycles. The minimum absolute atomic E-state index is 0.123. The van der Waals surface area contributed by atoms with Crippen molar-refractivity contribution in [2.45, 2.75) is 91.3 Å². The second-order valence-electron chi connectivity index (χ2n) is 9.97. The van der Waals surface area contributed by atoms with Gasteiger partial charge in [-0.2, -0.15) is 0 Å². The average molecular weight is 383 g/mol. The summed E-state index contributed by atoms with van der Waals surface area (Å²) >= 11 is 0. The highest BCUT2D eigenvalue weighted by atomic mass is 16.6. The molecule has 0 aliphatic heterocycles. The molecular weight excluding hydrogens is 344 g/mol. The first-order valence-electron chi connectivity index (χ1n) is 10.6. The number of ether oxygens (including phenoxy) is 1. The lowest BCUT2D eigenvalue weighted by Crippen LogP contribution is -2.64. The van der Waals surface area contributed by atoms with Crippen LogP contribution in [-0.4, -0.2) is 33.4 Å². The van der Waals surface area contributed by atoms with E-state index in [4.69, 9.17) is 4.74 Å². The van der Waals surface area contributed by atoms with Crippen LogP contribution in [0.4, 0.5) is 0 Å². The van der Waals surface area contributed by atoms with Crippen LogP contribution in [0.15, 0.2) is 0 Å². The minimum Gasteiger partial charge on any atom is -0.479 e. The first-order chi connectivity index (χ1) is 12.5. The molecule has 6 atom stereocenters. The van der Waals surface area contributed by atoms with Crippen molar-refractivity contribution in [3.05, 3.63) is 0 Å². The van der Waals surface area contributed by atoms with E-state index < -0.39 is 23.1 Å². The molecule has 156 valence electrons. The maximum atomic E-state index is 12.6. The molecule has 0 aromatic heterocycles. The van der Waals surface area contributed by atoms with Crippen LogP contribution in [0.25, 0.3) is 0 Å². The fourth-order valence-corrected chi connectivity index (χ4v) is 5.82. The monoisotopic (exact) mass is 382 g/mol. The standard InChI is InChI=1S/C22H38O5/c1-13(2)17-9-7-15(5)11-21(17,19(23)24)27-22(20(25)26)12-16(6)8-10-18(22)14(3)4/h13-18H,7-12H2,1-6H3,(H,23,24)(H,25,26). The highest BCUT2D eigenvalue weighted by Crippen LogP contribution is 2.51. The summed E-state index contributed by atoms with van der Waals surface area (Å²) < 4.78 is 6.52. The predicted molar refractivity (Wildman–Crippen MR) is 105 cm³/mol. The molecule has 2 aliphatic rings. The zero-order chi connectivity index (χ0) is 20.6. The molecule has 2 aliphatic carbocycles. The molecule has 27 heavy (non-hydrogen) atoms. The summed E-state index contributed by atoms with van der Waals surface area (Å²) in [6, 6.07) is 0. The molecule has 0 aromatic rings. The Labute approximate surface area is 163 Å². The maximum Gasteiger partial charge on any atom is 0.336 e. The van der Waals surface area contributed by atoms with Crippen molar-refractivity contribution >= 4 is 11.9 Å². The molecule has 0 radical (unpaired) electrons. The van der Waals surface area contributed by atoms with E-state index in [0.717, 1.165) is 25.7 Å². The Bertz CT molecular complexity index is 509. The van der Waals surface area contributed by atoms with Gasteiger partial charge in [0.25, 0.3) is 0 Å². The van der Waals surface area contributed by atoms with E-state index >= 15 is 0 Å². The Kier molecular flexibility index (Phi) is 6.66. The van der Waals surface area contributed by atoms with Gasteiger partial charge < -0.3 is 14.9 Å². The molecular formula is C22H38O5. The van der Waals surface area contributed by atoms with E-state index in [1.165, 1.54) is 0 Å². The van der Waals surface area contributed by atoms with Gasteiger partial charge in [-0.25, -0.2) is 9.59 Å². The van der Waals surface area contributed by atoms with Gasteiger partial charge in [-0.3, -0.25) is 0 Å². The van der Waals surface area contributed by atoms with E-state index in [-0.39, 0.29) is 35.5 Å². The molecule has 2 fully saturated rings. The molecule has 5 nitrogen and oxygen atoms in total. The molecule has 0 heterocycles. The Morgan fingerprint density at radius 2 is 1.11 bits per heavy atom. The lowest BCUT2D eigenvalue weighted by molar-refractivity contribution is -0.252. The van der Waals surface area contributed by atoms with Crippen LogP contribution in [0.5, 0.6) is 0 Å². The fraction of sp³-hybridized carbons (Fsp3) is 0.909. The van der Waals surface area contributed by atoms with Gasteiger partial charge in [0.1, 0.15) is 0 Å². The SMILES string of the molecule is CC1CCC(C(C)C)C(OC2(C(=O)O)CC(C)CCC2C(C)C)(C(=O)O)C1. The normalized spacial score (nSPS) is 40.3. The van der Waals surface area contributed by atoms with E-state index in [1.54, 1.807) is 0 Å². The second kappa shape index (κ2) is 8.10. The number of rotatable bonds is 6. The van der Waals surface area contributed by atoms with E-state index in [9.17, 15) is 19.8 Å². The number of carboxylic acids is 2. The third-order valence-corrected chi connectivity index (χ3v) is 7.14. The smallest absolute Gasteiger partial charge is 0.336 e. The van der Waals surface area contributed by atoms with E-state index in [2.05, 4.69) is 13.8 Å². The Morgan fingerprint density at radius 1 is 0.778 bits per heavy atom. The molecule has 0 aromatic carbocycles. The number of hydrogen-bond donors (Lipinski definition) is 2. The van der Waals surface area contributed by atoms with Gasteiger partial charge in [0.15, 0.2) is 11.2 Å². The van der Waals surface area contributed by atoms with Gasteiger partial charge in [-0.15, -0.1) is 0 Å².